The minimum atomic E-state index is -4.75. The number of likely N-dealkylation sites (N-methyl/N-ethyl adjacent to an activating group) is 1. The van der Waals surface area contributed by atoms with Crippen LogP contribution in [0.2, 0.25) is 0 Å². The lowest BCUT2D eigenvalue weighted by molar-refractivity contribution is -0.275. The van der Waals surface area contributed by atoms with Gasteiger partial charge in [0.25, 0.3) is 0 Å². The second-order valence-electron chi connectivity index (χ2n) is 5.54. The molecule has 0 aliphatic heterocycles. The zero-order valence-electron chi connectivity index (χ0n) is 13.8. The summed E-state index contributed by atoms with van der Waals surface area (Å²) in [6.07, 6.45) is -4.75. The fourth-order valence-electron chi connectivity index (χ4n) is 2.20. The highest BCUT2D eigenvalue weighted by Crippen LogP contribution is 2.27. The SMILES string of the molecule is CC(C(=O)NCc1cccs1)N(C)Cc1ccccc1OC(F)(F)F. The van der Waals surface area contributed by atoms with Gasteiger partial charge in [-0.25, -0.2) is 0 Å². The summed E-state index contributed by atoms with van der Waals surface area (Å²) in [6.45, 7) is 2.29. The summed E-state index contributed by atoms with van der Waals surface area (Å²) in [6, 6.07) is 9.24. The Bertz CT molecular complexity index is 689. The fraction of sp³-hybridized carbons (Fsp3) is 0.353. The quantitative estimate of drug-likeness (QED) is 0.804. The zero-order valence-corrected chi connectivity index (χ0v) is 14.7. The second kappa shape index (κ2) is 8.35. The third-order valence-electron chi connectivity index (χ3n) is 3.68. The minimum absolute atomic E-state index is 0.153. The molecule has 2 rings (SSSR count). The van der Waals surface area contributed by atoms with Crippen molar-refractivity contribution in [3.63, 3.8) is 0 Å². The Morgan fingerprint density at radius 3 is 2.64 bits per heavy atom. The van der Waals surface area contributed by atoms with E-state index < -0.39 is 12.4 Å². The van der Waals surface area contributed by atoms with E-state index in [-0.39, 0.29) is 18.2 Å². The number of alkyl halides is 3. The summed E-state index contributed by atoms with van der Waals surface area (Å²) in [5.74, 6) is -0.446. The van der Waals surface area contributed by atoms with Crippen LogP contribution in [-0.2, 0) is 17.9 Å². The Morgan fingerprint density at radius 1 is 1.28 bits per heavy atom. The molecule has 1 amide bonds. The summed E-state index contributed by atoms with van der Waals surface area (Å²) in [4.78, 5) is 14.9. The highest BCUT2D eigenvalue weighted by Gasteiger charge is 2.32. The van der Waals surface area contributed by atoms with Gasteiger partial charge in [-0.1, -0.05) is 24.3 Å². The Morgan fingerprint density at radius 2 is 2.00 bits per heavy atom. The average molecular weight is 372 g/mol. The number of nitrogens with one attached hydrogen (secondary N) is 1. The zero-order chi connectivity index (χ0) is 18.4. The van der Waals surface area contributed by atoms with Crippen molar-refractivity contribution in [2.24, 2.45) is 0 Å². The van der Waals surface area contributed by atoms with Gasteiger partial charge in [-0.05, 0) is 31.5 Å². The van der Waals surface area contributed by atoms with Crippen molar-refractivity contribution in [1.82, 2.24) is 10.2 Å². The number of benzene rings is 1. The molecule has 25 heavy (non-hydrogen) atoms. The van der Waals surface area contributed by atoms with E-state index in [1.54, 1.807) is 42.3 Å². The number of carbonyl (C=O) groups excluding carboxylic acids is 1. The van der Waals surface area contributed by atoms with Crippen molar-refractivity contribution in [2.45, 2.75) is 32.4 Å². The molecule has 0 saturated heterocycles. The van der Waals surface area contributed by atoms with E-state index in [4.69, 9.17) is 0 Å². The van der Waals surface area contributed by atoms with Gasteiger partial charge in [-0.2, -0.15) is 0 Å². The lowest BCUT2D eigenvalue weighted by atomic mass is 10.1. The molecule has 0 fully saturated rings. The molecule has 0 bridgehead atoms. The summed E-state index contributed by atoms with van der Waals surface area (Å²) in [5, 5.41) is 4.75. The van der Waals surface area contributed by atoms with Crippen molar-refractivity contribution < 1.29 is 22.7 Å². The van der Waals surface area contributed by atoms with Gasteiger partial charge in [0.15, 0.2) is 0 Å². The van der Waals surface area contributed by atoms with Crippen molar-refractivity contribution >= 4 is 17.2 Å². The predicted molar refractivity (Wildman–Crippen MR) is 90.2 cm³/mol. The minimum Gasteiger partial charge on any atom is -0.405 e. The third-order valence-corrected chi connectivity index (χ3v) is 4.55. The van der Waals surface area contributed by atoms with Crippen LogP contribution in [0.4, 0.5) is 13.2 Å². The lowest BCUT2D eigenvalue weighted by Crippen LogP contribution is -2.42. The molecule has 0 spiro atoms. The molecule has 1 atom stereocenters. The predicted octanol–water partition coefficient (Wildman–Crippen LogP) is 3.78. The molecule has 1 heterocycles. The average Bonchev–Trinajstić information content (AvgIpc) is 3.05. The molecule has 1 aromatic heterocycles. The molecule has 2 aromatic rings. The molecule has 0 aliphatic carbocycles. The van der Waals surface area contributed by atoms with Crippen LogP contribution in [0, 0.1) is 0 Å². The summed E-state index contributed by atoms with van der Waals surface area (Å²) in [5.41, 5.74) is 0.361. The molecular formula is C17H19F3N2O2S. The van der Waals surface area contributed by atoms with E-state index >= 15 is 0 Å². The van der Waals surface area contributed by atoms with E-state index in [1.807, 2.05) is 17.5 Å². The van der Waals surface area contributed by atoms with Gasteiger partial charge >= 0.3 is 6.36 Å². The first-order valence-electron chi connectivity index (χ1n) is 7.60. The smallest absolute Gasteiger partial charge is 0.405 e. The second-order valence-corrected chi connectivity index (χ2v) is 6.58. The molecule has 1 unspecified atom stereocenters. The highest BCUT2D eigenvalue weighted by atomic mass is 32.1. The van der Waals surface area contributed by atoms with Crippen molar-refractivity contribution in [1.29, 1.82) is 0 Å². The number of nitrogens with zero attached hydrogens (tertiary/aromatic N) is 1. The largest absolute Gasteiger partial charge is 0.573 e. The van der Waals surface area contributed by atoms with Gasteiger partial charge < -0.3 is 10.1 Å². The fourth-order valence-corrected chi connectivity index (χ4v) is 2.84. The molecule has 136 valence electrons. The number of hydrogen-bond donors (Lipinski definition) is 1. The van der Waals surface area contributed by atoms with Crippen molar-refractivity contribution in [3.8, 4) is 5.75 Å². The normalized spacial score (nSPS) is 12.9. The Kier molecular flexibility index (Phi) is 6.44. The van der Waals surface area contributed by atoms with Gasteiger partial charge in [0.05, 0.1) is 12.6 Å². The summed E-state index contributed by atoms with van der Waals surface area (Å²) in [7, 11) is 1.68. The molecular weight excluding hydrogens is 353 g/mol. The maximum Gasteiger partial charge on any atom is 0.573 e. The molecule has 8 heteroatoms. The number of rotatable bonds is 7. The maximum atomic E-state index is 12.5. The van der Waals surface area contributed by atoms with Crippen LogP contribution >= 0.6 is 11.3 Å². The van der Waals surface area contributed by atoms with Crippen LogP contribution in [0.15, 0.2) is 41.8 Å². The van der Waals surface area contributed by atoms with Gasteiger partial charge in [-0.3, -0.25) is 9.69 Å². The van der Waals surface area contributed by atoms with E-state index in [0.717, 1.165) is 4.88 Å². The van der Waals surface area contributed by atoms with Crippen LogP contribution < -0.4 is 10.1 Å². The third kappa shape index (κ3) is 6.06. The van der Waals surface area contributed by atoms with Crippen molar-refractivity contribution in [3.05, 3.63) is 52.2 Å². The van der Waals surface area contributed by atoms with Crippen LogP contribution in [0.5, 0.6) is 5.75 Å². The molecule has 0 radical (unpaired) electrons. The molecule has 0 saturated carbocycles. The van der Waals surface area contributed by atoms with Gasteiger partial charge in [0, 0.05) is 17.0 Å². The maximum absolute atomic E-state index is 12.5. The number of halogens is 3. The number of ether oxygens (including phenoxy) is 1. The summed E-state index contributed by atoms with van der Waals surface area (Å²) < 4.78 is 41.5. The number of hydrogen-bond acceptors (Lipinski definition) is 4. The molecule has 1 aromatic carbocycles. The Balaban J connectivity index is 1.96. The highest BCUT2D eigenvalue weighted by molar-refractivity contribution is 7.09. The first-order valence-corrected chi connectivity index (χ1v) is 8.48. The summed E-state index contributed by atoms with van der Waals surface area (Å²) >= 11 is 1.54. The number of carbonyl (C=O) groups is 1. The molecule has 0 aliphatic rings. The van der Waals surface area contributed by atoms with E-state index in [2.05, 4.69) is 10.1 Å². The van der Waals surface area contributed by atoms with Crippen molar-refractivity contribution in [2.75, 3.05) is 7.05 Å². The molecule has 1 N–H and O–H groups in total. The van der Waals surface area contributed by atoms with E-state index in [1.165, 1.54) is 12.1 Å². The lowest BCUT2D eigenvalue weighted by Gasteiger charge is -2.25. The number of para-hydroxylation sites is 1. The van der Waals surface area contributed by atoms with Crippen LogP contribution in [-0.4, -0.2) is 30.3 Å². The van der Waals surface area contributed by atoms with Gasteiger partial charge in [0.2, 0.25) is 5.91 Å². The monoisotopic (exact) mass is 372 g/mol. The Labute approximate surface area is 148 Å². The van der Waals surface area contributed by atoms with Crippen LogP contribution in [0.25, 0.3) is 0 Å². The van der Waals surface area contributed by atoms with Gasteiger partial charge in [-0.15, -0.1) is 24.5 Å². The Hall–Kier alpha value is -2.06. The van der Waals surface area contributed by atoms with E-state index in [9.17, 15) is 18.0 Å². The van der Waals surface area contributed by atoms with Gasteiger partial charge in [0.1, 0.15) is 5.75 Å². The number of amides is 1. The van der Waals surface area contributed by atoms with Crippen LogP contribution in [0.1, 0.15) is 17.4 Å². The van der Waals surface area contributed by atoms with E-state index in [0.29, 0.717) is 12.1 Å². The van der Waals surface area contributed by atoms with Crippen LogP contribution in [0.3, 0.4) is 0 Å². The topological polar surface area (TPSA) is 41.6 Å². The molecule has 4 nitrogen and oxygen atoms in total. The number of thiophene rings is 1. The standard InChI is InChI=1S/C17H19F3N2O2S/c1-12(16(23)21-10-14-7-5-9-25-14)22(2)11-13-6-3-4-8-15(13)24-17(18,19)20/h3-9,12H,10-11H2,1-2H3,(H,21,23). The first kappa shape index (κ1) is 19.3. The first-order chi connectivity index (χ1) is 11.8.